The molecule has 0 radical (unpaired) electrons. The molecule has 0 aliphatic carbocycles. The topological polar surface area (TPSA) is 58.6 Å². The highest BCUT2D eigenvalue weighted by Crippen LogP contribution is 2.26. The number of nitrogens with one attached hydrogen (secondary N) is 1. The Kier molecular flexibility index (Phi) is 9.11. The van der Waals surface area contributed by atoms with Gasteiger partial charge in [0.05, 0.1) is 13.5 Å². The van der Waals surface area contributed by atoms with Gasteiger partial charge in [0, 0.05) is 18.1 Å². The molecule has 0 saturated heterocycles. The van der Waals surface area contributed by atoms with Crippen LogP contribution in [-0.2, 0) is 29.1 Å². The lowest BCUT2D eigenvalue weighted by Crippen LogP contribution is -2.43. The van der Waals surface area contributed by atoms with Crippen LogP contribution in [0.2, 0.25) is 5.02 Å². The maximum Gasteiger partial charge on any atom is 0.247 e. The molecule has 4 aromatic carbocycles. The average molecular weight is 531 g/mol. The number of hydrogen-bond acceptors (Lipinski definition) is 3. The molecule has 0 aliphatic heterocycles. The van der Waals surface area contributed by atoms with Gasteiger partial charge < -0.3 is 15.0 Å². The van der Waals surface area contributed by atoms with Gasteiger partial charge in [0.1, 0.15) is 17.6 Å². The number of methoxy groups -OCH3 is 1. The maximum absolute atomic E-state index is 13.8. The number of carbonyl (C=O) groups is 2. The second-order valence-electron chi connectivity index (χ2n) is 8.83. The fourth-order valence-corrected chi connectivity index (χ4v) is 4.25. The number of halogens is 2. The van der Waals surface area contributed by atoms with E-state index in [-0.39, 0.29) is 37.1 Å². The molecule has 38 heavy (non-hydrogen) atoms. The van der Waals surface area contributed by atoms with E-state index in [1.54, 1.807) is 48.4 Å². The van der Waals surface area contributed by atoms with Crippen molar-refractivity contribution in [3.05, 3.63) is 136 Å². The molecule has 0 aromatic heterocycles. The first-order valence-corrected chi connectivity index (χ1v) is 12.5. The van der Waals surface area contributed by atoms with Crippen molar-refractivity contribution in [3.63, 3.8) is 0 Å². The van der Waals surface area contributed by atoms with Gasteiger partial charge in [-0.3, -0.25) is 9.59 Å². The van der Waals surface area contributed by atoms with Crippen LogP contribution in [0.3, 0.4) is 0 Å². The predicted molar refractivity (Wildman–Crippen MR) is 146 cm³/mol. The van der Waals surface area contributed by atoms with Crippen LogP contribution in [0.5, 0.6) is 5.75 Å². The van der Waals surface area contributed by atoms with E-state index >= 15 is 0 Å². The van der Waals surface area contributed by atoms with Gasteiger partial charge in [-0.1, -0.05) is 78.3 Å². The SMILES string of the molecule is COc1ccc(CNC(=O)C(c2ccccc2)N(Cc2ccc(F)cc2)C(=O)Cc2ccc(Cl)cc2)cc1. The van der Waals surface area contributed by atoms with Crippen LogP contribution >= 0.6 is 11.6 Å². The Labute approximate surface area is 226 Å². The van der Waals surface area contributed by atoms with E-state index in [2.05, 4.69) is 5.32 Å². The van der Waals surface area contributed by atoms with Crippen LogP contribution in [0.1, 0.15) is 28.3 Å². The summed E-state index contributed by atoms with van der Waals surface area (Å²) in [5, 5.41) is 3.56. The Hall–Kier alpha value is -4.16. The van der Waals surface area contributed by atoms with Gasteiger partial charge in [-0.2, -0.15) is 0 Å². The van der Waals surface area contributed by atoms with Crippen molar-refractivity contribution in [2.45, 2.75) is 25.6 Å². The fourth-order valence-electron chi connectivity index (χ4n) is 4.13. The molecule has 1 atom stereocenters. The lowest BCUT2D eigenvalue weighted by molar-refractivity contribution is -0.141. The van der Waals surface area contributed by atoms with Gasteiger partial charge in [0.25, 0.3) is 0 Å². The number of nitrogens with zero attached hydrogens (tertiary/aromatic N) is 1. The van der Waals surface area contributed by atoms with Crippen molar-refractivity contribution >= 4 is 23.4 Å². The van der Waals surface area contributed by atoms with Crippen LogP contribution in [0.25, 0.3) is 0 Å². The largest absolute Gasteiger partial charge is 0.497 e. The Morgan fingerprint density at radius 3 is 2.08 bits per heavy atom. The van der Waals surface area contributed by atoms with Crippen molar-refractivity contribution in [2.75, 3.05) is 7.11 Å². The van der Waals surface area contributed by atoms with Crippen LogP contribution in [0, 0.1) is 5.82 Å². The smallest absolute Gasteiger partial charge is 0.247 e. The summed E-state index contributed by atoms with van der Waals surface area (Å²) in [4.78, 5) is 29.0. The lowest BCUT2D eigenvalue weighted by atomic mass is 10.0. The Bertz CT molecular complexity index is 1350. The normalized spacial score (nSPS) is 11.4. The first-order valence-electron chi connectivity index (χ1n) is 12.2. The number of hydrogen-bond donors (Lipinski definition) is 1. The molecule has 0 fully saturated rings. The molecule has 0 aliphatic rings. The van der Waals surface area contributed by atoms with E-state index in [1.165, 1.54) is 12.1 Å². The highest BCUT2D eigenvalue weighted by molar-refractivity contribution is 6.30. The van der Waals surface area contributed by atoms with Crippen molar-refractivity contribution in [1.29, 1.82) is 0 Å². The summed E-state index contributed by atoms with van der Waals surface area (Å²) in [5.74, 6) is -0.214. The van der Waals surface area contributed by atoms with Crippen molar-refractivity contribution < 1.29 is 18.7 Å². The molecular weight excluding hydrogens is 503 g/mol. The van der Waals surface area contributed by atoms with E-state index in [0.717, 1.165) is 16.9 Å². The van der Waals surface area contributed by atoms with Gasteiger partial charge in [-0.15, -0.1) is 0 Å². The molecule has 0 spiro atoms. The molecule has 7 heteroatoms. The first-order chi connectivity index (χ1) is 18.4. The molecule has 4 aromatic rings. The quantitative estimate of drug-likeness (QED) is 0.269. The number of rotatable bonds is 10. The summed E-state index contributed by atoms with van der Waals surface area (Å²) in [6, 6.07) is 28.6. The summed E-state index contributed by atoms with van der Waals surface area (Å²) >= 11 is 6.02. The summed E-state index contributed by atoms with van der Waals surface area (Å²) in [7, 11) is 1.60. The minimum Gasteiger partial charge on any atom is -0.497 e. The molecule has 0 saturated carbocycles. The summed E-state index contributed by atoms with van der Waals surface area (Å²) in [6.45, 7) is 0.407. The van der Waals surface area contributed by atoms with Crippen molar-refractivity contribution in [3.8, 4) is 5.75 Å². The molecule has 1 N–H and O–H groups in total. The third-order valence-corrected chi connectivity index (χ3v) is 6.41. The zero-order valence-corrected chi connectivity index (χ0v) is 21.7. The standard InChI is InChI=1S/C31H28ClFN2O3/c1-38-28-17-11-23(12-18-28)20-34-31(37)30(25-5-3-2-4-6-25)35(21-24-9-15-27(33)16-10-24)29(36)19-22-7-13-26(32)14-8-22/h2-18,30H,19-21H2,1H3,(H,34,37). The van der Waals surface area contributed by atoms with E-state index in [4.69, 9.17) is 16.3 Å². The second kappa shape index (κ2) is 12.9. The van der Waals surface area contributed by atoms with Crippen molar-refractivity contribution in [2.24, 2.45) is 0 Å². The number of amides is 2. The molecule has 1 unspecified atom stereocenters. The molecule has 0 heterocycles. The maximum atomic E-state index is 13.8. The Balaban J connectivity index is 1.65. The molecular formula is C31H28ClFN2O3. The van der Waals surface area contributed by atoms with E-state index < -0.39 is 6.04 Å². The molecule has 2 amide bonds. The highest BCUT2D eigenvalue weighted by atomic mass is 35.5. The molecule has 5 nitrogen and oxygen atoms in total. The summed E-state index contributed by atoms with van der Waals surface area (Å²) < 4.78 is 18.8. The Morgan fingerprint density at radius 1 is 0.842 bits per heavy atom. The summed E-state index contributed by atoms with van der Waals surface area (Å²) in [6.07, 6.45) is 0.0768. The fraction of sp³-hybridized carbons (Fsp3) is 0.161. The van der Waals surface area contributed by atoms with Crippen LogP contribution in [-0.4, -0.2) is 23.8 Å². The number of carbonyl (C=O) groups excluding carboxylic acids is 2. The van der Waals surface area contributed by atoms with E-state index in [0.29, 0.717) is 16.1 Å². The first kappa shape index (κ1) is 26.9. The van der Waals surface area contributed by atoms with Gasteiger partial charge in [0.15, 0.2) is 0 Å². The minimum atomic E-state index is -0.903. The Morgan fingerprint density at radius 2 is 1.45 bits per heavy atom. The zero-order valence-electron chi connectivity index (χ0n) is 20.9. The van der Waals surface area contributed by atoms with E-state index in [9.17, 15) is 14.0 Å². The molecule has 4 rings (SSSR count). The van der Waals surface area contributed by atoms with Gasteiger partial charge in [-0.05, 0) is 58.7 Å². The predicted octanol–water partition coefficient (Wildman–Crippen LogP) is 6.12. The third-order valence-electron chi connectivity index (χ3n) is 6.16. The van der Waals surface area contributed by atoms with E-state index in [1.807, 2.05) is 54.6 Å². The molecule has 194 valence electrons. The average Bonchev–Trinajstić information content (AvgIpc) is 2.94. The summed E-state index contributed by atoms with van der Waals surface area (Å²) in [5.41, 5.74) is 3.04. The van der Waals surface area contributed by atoms with Crippen LogP contribution in [0.15, 0.2) is 103 Å². The van der Waals surface area contributed by atoms with Gasteiger partial charge >= 0.3 is 0 Å². The highest BCUT2D eigenvalue weighted by Gasteiger charge is 2.31. The van der Waals surface area contributed by atoms with Gasteiger partial charge in [-0.25, -0.2) is 4.39 Å². The zero-order chi connectivity index (χ0) is 26.9. The monoisotopic (exact) mass is 530 g/mol. The van der Waals surface area contributed by atoms with Crippen molar-refractivity contribution in [1.82, 2.24) is 10.2 Å². The third kappa shape index (κ3) is 7.20. The number of benzene rings is 4. The van der Waals surface area contributed by atoms with Gasteiger partial charge in [0.2, 0.25) is 11.8 Å². The molecule has 0 bridgehead atoms. The van der Waals surface area contributed by atoms with Crippen LogP contribution < -0.4 is 10.1 Å². The number of ether oxygens (including phenoxy) is 1. The minimum absolute atomic E-state index is 0.0768. The lowest BCUT2D eigenvalue weighted by Gasteiger charge is -2.32. The van der Waals surface area contributed by atoms with Crippen LogP contribution in [0.4, 0.5) is 4.39 Å². The second-order valence-corrected chi connectivity index (χ2v) is 9.27.